The largest absolute Gasteiger partial charge is 0.459 e. The maximum Gasteiger partial charge on any atom is 0.396 e. The Morgan fingerprint density at radius 2 is 2.06 bits per heavy atom. The van der Waals surface area contributed by atoms with Crippen LogP contribution in [-0.2, 0) is 20.7 Å². The molecule has 4 nitrogen and oxygen atoms in total. The van der Waals surface area contributed by atoms with Gasteiger partial charge in [0.15, 0.2) is 0 Å². The number of amides is 1. The van der Waals surface area contributed by atoms with E-state index in [0.717, 1.165) is 10.0 Å². The number of halogens is 1. The molecule has 0 unspecified atom stereocenters. The summed E-state index contributed by atoms with van der Waals surface area (Å²) < 4.78 is 5.56. The minimum Gasteiger partial charge on any atom is -0.459 e. The molecule has 0 aliphatic rings. The Balaban J connectivity index is 2.36. The van der Waals surface area contributed by atoms with E-state index in [1.165, 1.54) is 0 Å². The van der Waals surface area contributed by atoms with Gasteiger partial charge < -0.3 is 10.1 Å². The summed E-state index contributed by atoms with van der Waals surface area (Å²) in [7, 11) is 0. The van der Waals surface area contributed by atoms with Crippen molar-refractivity contribution in [2.45, 2.75) is 13.3 Å². The first-order valence-corrected chi connectivity index (χ1v) is 6.12. The number of benzene rings is 1. The van der Waals surface area contributed by atoms with E-state index in [4.69, 9.17) is 0 Å². The number of carbonyl (C=O) groups is 2. The third-order valence-electron chi connectivity index (χ3n) is 2.10. The third-order valence-corrected chi connectivity index (χ3v) is 2.87. The Kier molecular flexibility index (Phi) is 5.69. The molecule has 0 radical (unpaired) electrons. The lowest BCUT2D eigenvalue weighted by Gasteiger charge is -2.06. The summed E-state index contributed by atoms with van der Waals surface area (Å²) in [5, 5.41) is 2.51. The maximum atomic E-state index is 11.2. The number of nitrogens with one attached hydrogen (secondary N) is 1. The van der Waals surface area contributed by atoms with Crippen molar-refractivity contribution in [3.05, 3.63) is 34.3 Å². The van der Waals surface area contributed by atoms with Gasteiger partial charge in [-0.05, 0) is 25.0 Å². The molecule has 5 heteroatoms. The molecule has 0 saturated heterocycles. The van der Waals surface area contributed by atoms with E-state index in [1.807, 2.05) is 24.3 Å². The first-order valence-electron chi connectivity index (χ1n) is 5.33. The normalized spacial score (nSPS) is 9.76. The fourth-order valence-electron chi connectivity index (χ4n) is 1.28. The van der Waals surface area contributed by atoms with Gasteiger partial charge in [-0.2, -0.15) is 0 Å². The summed E-state index contributed by atoms with van der Waals surface area (Å²) >= 11 is 3.41. The third kappa shape index (κ3) is 4.56. The molecule has 0 saturated carbocycles. The van der Waals surface area contributed by atoms with Crippen molar-refractivity contribution in [3.8, 4) is 0 Å². The van der Waals surface area contributed by atoms with Crippen molar-refractivity contribution in [2.24, 2.45) is 0 Å². The zero-order valence-corrected chi connectivity index (χ0v) is 11.1. The zero-order chi connectivity index (χ0) is 12.7. The van der Waals surface area contributed by atoms with Crippen LogP contribution in [0.15, 0.2) is 28.7 Å². The van der Waals surface area contributed by atoms with E-state index in [2.05, 4.69) is 26.0 Å². The van der Waals surface area contributed by atoms with Gasteiger partial charge in [0, 0.05) is 11.0 Å². The predicted molar refractivity (Wildman–Crippen MR) is 67.5 cm³/mol. The fourth-order valence-corrected chi connectivity index (χ4v) is 1.76. The Bertz CT molecular complexity index is 406. The van der Waals surface area contributed by atoms with E-state index in [0.29, 0.717) is 13.0 Å². The van der Waals surface area contributed by atoms with Crippen LogP contribution in [0.2, 0.25) is 0 Å². The molecule has 0 aliphatic carbocycles. The van der Waals surface area contributed by atoms with Gasteiger partial charge in [0.05, 0.1) is 6.61 Å². The first-order chi connectivity index (χ1) is 8.15. The lowest BCUT2D eigenvalue weighted by Crippen LogP contribution is -2.33. The molecule has 0 bridgehead atoms. The Hall–Kier alpha value is -1.36. The van der Waals surface area contributed by atoms with Gasteiger partial charge in [0.1, 0.15) is 0 Å². The van der Waals surface area contributed by atoms with Gasteiger partial charge in [-0.1, -0.05) is 34.1 Å². The molecular formula is C12H14BrNO3. The average Bonchev–Trinajstić information content (AvgIpc) is 2.31. The Morgan fingerprint density at radius 3 is 2.71 bits per heavy atom. The summed E-state index contributed by atoms with van der Waals surface area (Å²) in [6.45, 7) is 2.27. The van der Waals surface area contributed by atoms with Crippen LogP contribution < -0.4 is 5.32 Å². The molecule has 0 atom stereocenters. The van der Waals surface area contributed by atoms with Crippen molar-refractivity contribution in [3.63, 3.8) is 0 Å². The highest BCUT2D eigenvalue weighted by Gasteiger charge is 2.13. The Morgan fingerprint density at radius 1 is 1.35 bits per heavy atom. The standard InChI is InChI=1S/C12H14BrNO3/c1-2-17-12(16)11(15)14-8-7-9-5-3-4-6-10(9)13/h3-6H,2,7-8H2,1H3,(H,14,15). The van der Waals surface area contributed by atoms with E-state index in [9.17, 15) is 9.59 Å². The molecule has 1 N–H and O–H groups in total. The molecule has 0 aliphatic heterocycles. The van der Waals surface area contributed by atoms with E-state index < -0.39 is 11.9 Å². The molecular weight excluding hydrogens is 286 g/mol. The summed E-state index contributed by atoms with van der Waals surface area (Å²) in [6, 6.07) is 7.74. The van der Waals surface area contributed by atoms with Crippen LogP contribution in [-0.4, -0.2) is 25.0 Å². The van der Waals surface area contributed by atoms with Crippen LogP contribution >= 0.6 is 15.9 Å². The van der Waals surface area contributed by atoms with Crippen molar-refractivity contribution < 1.29 is 14.3 Å². The first kappa shape index (κ1) is 13.7. The summed E-state index contributed by atoms with van der Waals surface area (Å²) in [5.41, 5.74) is 1.08. The smallest absolute Gasteiger partial charge is 0.396 e. The van der Waals surface area contributed by atoms with Gasteiger partial charge in [0.2, 0.25) is 0 Å². The van der Waals surface area contributed by atoms with Crippen LogP contribution in [0.1, 0.15) is 12.5 Å². The molecule has 92 valence electrons. The van der Waals surface area contributed by atoms with Gasteiger partial charge in [-0.15, -0.1) is 0 Å². The number of hydrogen-bond donors (Lipinski definition) is 1. The second-order valence-electron chi connectivity index (χ2n) is 3.32. The molecule has 0 heterocycles. The average molecular weight is 300 g/mol. The van der Waals surface area contributed by atoms with Crippen LogP contribution in [0.4, 0.5) is 0 Å². The summed E-state index contributed by atoms with van der Waals surface area (Å²) in [5.74, 6) is -1.53. The fraction of sp³-hybridized carbons (Fsp3) is 0.333. The minimum atomic E-state index is -0.834. The number of ether oxygens (including phenoxy) is 1. The van der Waals surface area contributed by atoms with Gasteiger partial charge in [-0.3, -0.25) is 4.79 Å². The second-order valence-corrected chi connectivity index (χ2v) is 4.17. The quantitative estimate of drug-likeness (QED) is 0.680. The molecule has 1 aromatic carbocycles. The molecule has 1 amide bonds. The van der Waals surface area contributed by atoms with Gasteiger partial charge in [-0.25, -0.2) is 4.79 Å². The van der Waals surface area contributed by atoms with Crippen LogP contribution in [0, 0.1) is 0 Å². The zero-order valence-electron chi connectivity index (χ0n) is 9.53. The van der Waals surface area contributed by atoms with E-state index >= 15 is 0 Å². The van der Waals surface area contributed by atoms with Crippen LogP contribution in [0.25, 0.3) is 0 Å². The molecule has 0 spiro atoms. The van der Waals surface area contributed by atoms with E-state index in [-0.39, 0.29) is 6.61 Å². The van der Waals surface area contributed by atoms with Crippen molar-refractivity contribution >= 4 is 27.8 Å². The molecule has 0 fully saturated rings. The van der Waals surface area contributed by atoms with Crippen molar-refractivity contribution in [1.29, 1.82) is 0 Å². The highest BCUT2D eigenvalue weighted by atomic mass is 79.9. The molecule has 17 heavy (non-hydrogen) atoms. The lowest BCUT2D eigenvalue weighted by atomic mass is 10.1. The SMILES string of the molecule is CCOC(=O)C(=O)NCCc1ccccc1Br. The topological polar surface area (TPSA) is 55.4 Å². The van der Waals surface area contributed by atoms with Crippen LogP contribution in [0.5, 0.6) is 0 Å². The molecule has 1 rings (SSSR count). The van der Waals surface area contributed by atoms with Crippen LogP contribution in [0.3, 0.4) is 0 Å². The maximum absolute atomic E-state index is 11.2. The highest BCUT2D eigenvalue weighted by Crippen LogP contribution is 2.15. The monoisotopic (exact) mass is 299 g/mol. The molecule has 1 aromatic rings. The van der Waals surface area contributed by atoms with Crippen molar-refractivity contribution in [2.75, 3.05) is 13.2 Å². The lowest BCUT2D eigenvalue weighted by molar-refractivity contribution is -0.154. The highest BCUT2D eigenvalue weighted by molar-refractivity contribution is 9.10. The number of carbonyl (C=O) groups excluding carboxylic acids is 2. The number of esters is 1. The predicted octanol–water partition coefficient (Wildman–Crippen LogP) is 1.67. The van der Waals surface area contributed by atoms with Gasteiger partial charge in [0.25, 0.3) is 0 Å². The van der Waals surface area contributed by atoms with E-state index in [1.54, 1.807) is 6.92 Å². The minimum absolute atomic E-state index is 0.205. The Labute approximate surface area is 108 Å². The van der Waals surface area contributed by atoms with Gasteiger partial charge >= 0.3 is 11.9 Å². The van der Waals surface area contributed by atoms with Crippen molar-refractivity contribution in [1.82, 2.24) is 5.32 Å². The summed E-state index contributed by atoms with van der Waals surface area (Å²) in [4.78, 5) is 22.2. The number of rotatable bonds is 4. The summed E-state index contributed by atoms with van der Waals surface area (Å²) in [6.07, 6.45) is 0.659. The number of hydrogen-bond acceptors (Lipinski definition) is 3. The molecule has 0 aromatic heterocycles. The second kappa shape index (κ2) is 7.06.